The molecule has 0 aromatic carbocycles. The predicted octanol–water partition coefficient (Wildman–Crippen LogP) is 1.01. The fourth-order valence-electron chi connectivity index (χ4n) is 2.42. The van der Waals surface area contributed by atoms with Crippen LogP contribution >= 0.6 is 0 Å². The van der Waals surface area contributed by atoms with Gasteiger partial charge in [0.2, 0.25) is 5.91 Å². The van der Waals surface area contributed by atoms with Gasteiger partial charge in [0.25, 0.3) is 5.91 Å². The van der Waals surface area contributed by atoms with E-state index in [4.69, 9.17) is 0 Å². The summed E-state index contributed by atoms with van der Waals surface area (Å²) >= 11 is 0. The van der Waals surface area contributed by atoms with Gasteiger partial charge in [0, 0.05) is 12.2 Å². The lowest BCUT2D eigenvalue weighted by Gasteiger charge is -2.21. The van der Waals surface area contributed by atoms with E-state index in [2.05, 4.69) is 10.3 Å². The highest BCUT2D eigenvalue weighted by atomic mass is 16.3. The van der Waals surface area contributed by atoms with Crippen molar-refractivity contribution in [3.63, 3.8) is 0 Å². The molecule has 0 aliphatic carbocycles. The van der Waals surface area contributed by atoms with Crippen LogP contribution in [-0.4, -0.2) is 46.0 Å². The highest BCUT2D eigenvalue weighted by Crippen LogP contribution is 2.14. The largest absolute Gasteiger partial charge is 0.383 e. The van der Waals surface area contributed by atoms with Crippen LogP contribution in [0.25, 0.3) is 0 Å². The molecule has 0 bridgehead atoms. The molecule has 6 nitrogen and oxygen atoms in total. The Labute approximate surface area is 124 Å². The maximum Gasteiger partial charge on any atom is 0.251 e. The Hall–Kier alpha value is -1.95. The van der Waals surface area contributed by atoms with Crippen LogP contribution in [0.3, 0.4) is 0 Å². The molecule has 1 saturated heterocycles. The van der Waals surface area contributed by atoms with Gasteiger partial charge in [-0.05, 0) is 45.2 Å². The lowest BCUT2D eigenvalue weighted by atomic mass is 10.2. The van der Waals surface area contributed by atoms with Crippen LogP contribution in [0.2, 0.25) is 0 Å². The van der Waals surface area contributed by atoms with E-state index in [1.165, 1.54) is 4.90 Å². The number of hydrogen-bond donors (Lipinski definition) is 2. The molecular formula is C15H21N3O3. The first kappa shape index (κ1) is 15.4. The van der Waals surface area contributed by atoms with Gasteiger partial charge < -0.3 is 15.3 Å². The maximum absolute atomic E-state index is 12.1. The second-order valence-corrected chi connectivity index (χ2v) is 5.41. The van der Waals surface area contributed by atoms with E-state index >= 15 is 0 Å². The third-order valence-corrected chi connectivity index (χ3v) is 3.59. The number of rotatable bonds is 3. The number of anilines is 1. The monoisotopic (exact) mass is 291 g/mol. The molecule has 0 spiro atoms. The third-order valence-electron chi connectivity index (χ3n) is 3.59. The molecule has 2 heterocycles. The lowest BCUT2D eigenvalue weighted by Crippen LogP contribution is -2.42. The molecule has 1 aromatic rings. The number of nitrogens with one attached hydrogen (secondary N) is 1. The van der Waals surface area contributed by atoms with Gasteiger partial charge in [-0.25, -0.2) is 0 Å². The van der Waals surface area contributed by atoms with Gasteiger partial charge in [-0.1, -0.05) is 0 Å². The van der Waals surface area contributed by atoms with E-state index in [1.807, 2.05) is 19.9 Å². The number of carbonyl (C=O) groups is 2. The number of hydrogen-bond acceptors (Lipinski definition) is 4. The summed E-state index contributed by atoms with van der Waals surface area (Å²) in [6, 6.07) is 3.62. The van der Waals surface area contributed by atoms with Crippen LogP contribution < -0.4 is 5.32 Å². The summed E-state index contributed by atoms with van der Waals surface area (Å²) in [5, 5.41) is 12.4. The fourth-order valence-corrected chi connectivity index (χ4v) is 2.42. The van der Waals surface area contributed by atoms with E-state index in [9.17, 15) is 14.7 Å². The Morgan fingerprint density at radius 2 is 2.19 bits per heavy atom. The second kappa shape index (κ2) is 6.67. The molecule has 1 aliphatic heterocycles. The molecule has 21 heavy (non-hydrogen) atoms. The molecule has 1 fully saturated rings. The van der Waals surface area contributed by atoms with Crippen LogP contribution in [-0.2, 0) is 9.59 Å². The predicted molar refractivity (Wildman–Crippen MR) is 78.8 cm³/mol. The van der Waals surface area contributed by atoms with Crippen molar-refractivity contribution in [3.8, 4) is 0 Å². The normalized spacial score (nSPS) is 19.3. The van der Waals surface area contributed by atoms with Crippen molar-refractivity contribution in [2.75, 3.05) is 18.4 Å². The molecule has 0 saturated carbocycles. The molecule has 1 aliphatic rings. The first-order chi connectivity index (χ1) is 9.97. The molecule has 1 unspecified atom stereocenters. The Morgan fingerprint density at radius 3 is 2.90 bits per heavy atom. The van der Waals surface area contributed by atoms with Crippen LogP contribution in [0.1, 0.15) is 30.7 Å². The van der Waals surface area contributed by atoms with Crippen molar-refractivity contribution in [2.24, 2.45) is 0 Å². The van der Waals surface area contributed by atoms with Gasteiger partial charge in [-0.3, -0.25) is 14.6 Å². The smallest absolute Gasteiger partial charge is 0.251 e. The maximum atomic E-state index is 12.1. The summed E-state index contributed by atoms with van der Waals surface area (Å²) < 4.78 is 0. The topological polar surface area (TPSA) is 82.5 Å². The minimum Gasteiger partial charge on any atom is -0.383 e. The fraction of sp³-hybridized carbons (Fsp3) is 0.533. The third kappa shape index (κ3) is 4.01. The molecule has 1 atom stereocenters. The van der Waals surface area contributed by atoms with E-state index in [-0.39, 0.29) is 18.4 Å². The molecule has 2 rings (SSSR count). The van der Waals surface area contributed by atoms with E-state index in [0.717, 1.165) is 24.2 Å². The Balaban J connectivity index is 1.99. The average molecular weight is 291 g/mol. The zero-order valence-electron chi connectivity index (χ0n) is 12.4. The van der Waals surface area contributed by atoms with E-state index in [0.29, 0.717) is 18.7 Å². The van der Waals surface area contributed by atoms with Crippen molar-refractivity contribution in [1.29, 1.82) is 0 Å². The van der Waals surface area contributed by atoms with Crippen molar-refractivity contribution < 1.29 is 14.7 Å². The van der Waals surface area contributed by atoms with Crippen LogP contribution in [0.15, 0.2) is 12.1 Å². The number of carbonyl (C=O) groups excluding carboxylic acids is 2. The van der Waals surface area contributed by atoms with Gasteiger partial charge in [0.15, 0.2) is 0 Å². The Morgan fingerprint density at radius 1 is 1.43 bits per heavy atom. The van der Waals surface area contributed by atoms with Gasteiger partial charge in [-0.15, -0.1) is 0 Å². The van der Waals surface area contributed by atoms with Crippen molar-refractivity contribution in [1.82, 2.24) is 9.88 Å². The van der Waals surface area contributed by atoms with Crippen molar-refractivity contribution >= 4 is 17.5 Å². The van der Waals surface area contributed by atoms with Crippen molar-refractivity contribution in [3.05, 3.63) is 23.5 Å². The first-order valence-corrected chi connectivity index (χ1v) is 7.18. The summed E-state index contributed by atoms with van der Waals surface area (Å²) in [6.45, 7) is 4.18. The number of aliphatic hydroxyl groups excluding tert-OH is 1. The number of amides is 2. The Kier molecular flexibility index (Phi) is 4.90. The Bertz CT molecular complexity index is 545. The first-order valence-electron chi connectivity index (χ1n) is 7.18. The minimum atomic E-state index is -0.983. The van der Waals surface area contributed by atoms with Gasteiger partial charge in [-0.2, -0.15) is 0 Å². The molecule has 2 amide bonds. The molecule has 2 N–H and O–H groups in total. The molecule has 1 aromatic heterocycles. The SMILES string of the molecule is Cc1ccc(NC(=O)CN2CCCCC(O)C2=O)c(C)n1. The van der Waals surface area contributed by atoms with E-state index in [1.54, 1.807) is 6.07 Å². The summed E-state index contributed by atoms with van der Waals surface area (Å²) in [4.78, 5) is 29.7. The summed E-state index contributed by atoms with van der Waals surface area (Å²) in [7, 11) is 0. The van der Waals surface area contributed by atoms with Crippen molar-refractivity contribution in [2.45, 2.75) is 39.2 Å². The molecule has 0 radical (unpaired) electrons. The van der Waals surface area contributed by atoms with Gasteiger partial charge in [0.1, 0.15) is 6.10 Å². The molecule has 114 valence electrons. The minimum absolute atomic E-state index is 0.0385. The van der Waals surface area contributed by atoms with Gasteiger partial charge in [0.05, 0.1) is 17.9 Å². The standard InChI is InChI=1S/C15H21N3O3/c1-10-6-7-12(11(2)16-10)17-14(20)9-18-8-4-3-5-13(19)15(18)21/h6-7,13,19H,3-5,8-9H2,1-2H3,(H,17,20). The number of aryl methyl sites for hydroxylation is 2. The molecule has 6 heteroatoms. The number of aliphatic hydroxyl groups is 1. The van der Waals surface area contributed by atoms with Gasteiger partial charge >= 0.3 is 0 Å². The quantitative estimate of drug-likeness (QED) is 0.870. The highest BCUT2D eigenvalue weighted by Gasteiger charge is 2.26. The van der Waals surface area contributed by atoms with E-state index < -0.39 is 6.10 Å². The summed E-state index contributed by atoms with van der Waals surface area (Å²) in [5.74, 6) is -0.632. The average Bonchev–Trinajstić information content (AvgIpc) is 2.58. The number of nitrogens with zero attached hydrogens (tertiary/aromatic N) is 2. The molecular weight excluding hydrogens is 270 g/mol. The van der Waals surface area contributed by atoms with Crippen LogP contribution in [0.5, 0.6) is 0 Å². The zero-order valence-corrected chi connectivity index (χ0v) is 12.4. The number of pyridine rings is 1. The summed E-state index contributed by atoms with van der Waals surface area (Å²) in [6.07, 6.45) is 1.09. The number of aromatic nitrogens is 1. The van der Waals surface area contributed by atoms with Crippen LogP contribution in [0, 0.1) is 13.8 Å². The highest BCUT2D eigenvalue weighted by molar-refractivity contribution is 5.95. The van der Waals surface area contributed by atoms with Crippen LogP contribution in [0.4, 0.5) is 5.69 Å². The lowest BCUT2D eigenvalue weighted by molar-refractivity contribution is -0.141. The second-order valence-electron chi connectivity index (χ2n) is 5.41. The zero-order chi connectivity index (χ0) is 15.4. The summed E-state index contributed by atoms with van der Waals surface area (Å²) in [5.41, 5.74) is 2.27. The number of likely N-dealkylation sites (tertiary alicyclic amines) is 1.